The van der Waals surface area contributed by atoms with Gasteiger partial charge in [0.05, 0.1) is 0 Å². The number of hydrogen-bond acceptors (Lipinski definition) is 1. The van der Waals surface area contributed by atoms with Crippen LogP contribution in [-0.2, 0) is 4.79 Å². The van der Waals surface area contributed by atoms with E-state index in [1.54, 1.807) is 0 Å². The fraction of sp³-hybridized carbons (Fsp3) is 0.550. The number of carboxylic acid groups (broad SMARTS) is 1. The van der Waals surface area contributed by atoms with E-state index in [-0.39, 0.29) is 6.42 Å². The minimum absolute atomic E-state index is 0.211. The van der Waals surface area contributed by atoms with Crippen molar-refractivity contribution in [2.24, 2.45) is 0 Å². The lowest BCUT2D eigenvalue weighted by atomic mass is 10.2. The fourth-order valence-corrected chi connectivity index (χ4v) is 1.80. The van der Waals surface area contributed by atoms with Crippen molar-refractivity contribution in [3.05, 3.63) is 36.5 Å². The molecule has 2 heteroatoms. The molecule has 0 aromatic carbocycles. The van der Waals surface area contributed by atoms with Crippen LogP contribution in [0, 0.1) is 11.8 Å². The van der Waals surface area contributed by atoms with Crippen LogP contribution in [0.15, 0.2) is 36.5 Å². The Labute approximate surface area is 136 Å². The minimum atomic E-state index is -0.746. The van der Waals surface area contributed by atoms with Crippen LogP contribution < -0.4 is 0 Å². The van der Waals surface area contributed by atoms with E-state index in [2.05, 4.69) is 55.2 Å². The summed E-state index contributed by atoms with van der Waals surface area (Å²) in [7, 11) is 0. The molecule has 0 fully saturated rings. The van der Waals surface area contributed by atoms with Gasteiger partial charge in [0.25, 0.3) is 0 Å². The molecule has 0 spiro atoms. The lowest BCUT2D eigenvalue weighted by Gasteiger charge is -1.90. The van der Waals surface area contributed by atoms with Gasteiger partial charge < -0.3 is 5.11 Å². The zero-order valence-electron chi connectivity index (χ0n) is 13.9. The van der Waals surface area contributed by atoms with Gasteiger partial charge >= 0.3 is 5.97 Å². The second kappa shape index (κ2) is 17.3. The molecule has 0 bridgehead atoms. The largest absolute Gasteiger partial charge is 0.481 e. The average molecular weight is 302 g/mol. The van der Waals surface area contributed by atoms with Gasteiger partial charge in [0.1, 0.15) is 0 Å². The Bertz CT molecular complexity index is 405. The Hall–Kier alpha value is -1.75. The maximum atomic E-state index is 10.3. The highest BCUT2D eigenvalue weighted by Crippen LogP contribution is 2.00. The Morgan fingerprint density at radius 2 is 1.59 bits per heavy atom. The molecule has 22 heavy (non-hydrogen) atoms. The summed E-state index contributed by atoms with van der Waals surface area (Å²) in [5.74, 6) is 5.27. The summed E-state index contributed by atoms with van der Waals surface area (Å²) in [6.07, 6.45) is 22.4. The molecule has 0 aliphatic carbocycles. The lowest BCUT2D eigenvalue weighted by molar-refractivity contribution is -0.137. The zero-order valence-corrected chi connectivity index (χ0v) is 13.9. The number of unbranched alkanes of at least 4 members (excludes halogenated alkanes) is 4. The van der Waals surface area contributed by atoms with Gasteiger partial charge in [-0.1, -0.05) is 62.1 Å². The number of aliphatic carboxylic acids is 1. The predicted octanol–water partition coefficient (Wildman–Crippen LogP) is 5.66. The van der Waals surface area contributed by atoms with Gasteiger partial charge in [-0.05, 0) is 32.1 Å². The van der Waals surface area contributed by atoms with Crippen LogP contribution in [0.2, 0.25) is 0 Å². The van der Waals surface area contributed by atoms with Crippen LogP contribution in [0.1, 0.15) is 71.1 Å². The first-order valence-corrected chi connectivity index (χ1v) is 8.39. The van der Waals surface area contributed by atoms with Crippen LogP contribution in [0.4, 0.5) is 0 Å². The molecule has 0 amide bonds. The van der Waals surface area contributed by atoms with Crippen molar-refractivity contribution < 1.29 is 9.90 Å². The third-order valence-electron chi connectivity index (χ3n) is 3.06. The first-order chi connectivity index (χ1) is 10.8. The molecule has 0 heterocycles. The van der Waals surface area contributed by atoms with E-state index in [1.165, 1.54) is 25.7 Å². The average Bonchev–Trinajstić information content (AvgIpc) is 2.50. The second-order valence-electron chi connectivity index (χ2n) is 5.19. The highest BCUT2D eigenvalue weighted by molar-refractivity contribution is 5.66. The van der Waals surface area contributed by atoms with Crippen LogP contribution >= 0.6 is 0 Å². The molecule has 0 rings (SSSR count). The molecular formula is C20H30O2. The third-order valence-corrected chi connectivity index (χ3v) is 3.06. The smallest absolute Gasteiger partial charge is 0.303 e. The summed E-state index contributed by atoms with van der Waals surface area (Å²) in [6, 6.07) is 0. The van der Waals surface area contributed by atoms with Crippen molar-refractivity contribution >= 4 is 5.97 Å². The first kappa shape index (κ1) is 20.2. The van der Waals surface area contributed by atoms with Gasteiger partial charge in [0.15, 0.2) is 0 Å². The molecule has 0 aliphatic rings. The Morgan fingerprint density at radius 1 is 0.909 bits per heavy atom. The normalized spacial score (nSPS) is 11.3. The molecule has 1 N–H and O–H groups in total. The highest BCUT2D eigenvalue weighted by atomic mass is 16.4. The van der Waals surface area contributed by atoms with Crippen molar-refractivity contribution in [3.63, 3.8) is 0 Å². The molecule has 0 aromatic rings. The van der Waals surface area contributed by atoms with Crippen LogP contribution in [0.3, 0.4) is 0 Å². The molecular weight excluding hydrogens is 272 g/mol. The van der Waals surface area contributed by atoms with Gasteiger partial charge in [-0.2, -0.15) is 0 Å². The number of carboxylic acids is 1. The highest BCUT2D eigenvalue weighted by Gasteiger charge is 1.92. The molecule has 2 nitrogen and oxygen atoms in total. The van der Waals surface area contributed by atoms with Gasteiger partial charge in [-0.15, -0.1) is 5.92 Å². The van der Waals surface area contributed by atoms with Gasteiger partial charge in [0, 0.05) is 19.3 Å². The van der Waals surface area contributed by atoms with Crippen molar-refractivity contribution in [1.29, 1.82) is 0 Å². The second-order valence-corrected chi connectivity index (χ2v) is 5.19. The molecule has 0 unspecified atom stereocenters. The van der Waals surface area contributed by atoms with Crippen LogP contribution in [-0.4, -0.2) is 11.1 Å². The molecule has 0 saturated heterocycles. The van der Waals surface area contributed by atoms with Gasteiger partial charge in [-0.25, -0.2) is 0 Å². The lowest BCUT2D eigenvalue weighted by Crippen LogP contribution is -1.92. The van der Waals surface area contributed by atoms with Crippen molar-refractivity contribution in [2.75, 3.05) is 0 Å². The maximum Gasteiger partial charge on any atom is 0.303 e. The standard InChI is InChI=1S/C20H30O2/c1-2-3-4-5-6-7-8-9-10-11-12-13-14-15-16-17-18-19-20(21)22/h6-7,9-10,12-13H,2-5,8,11,14,17-19H2,1H3,(H,21,22). The number of hydrogen-bond donors (Lipinski definition) is 1. The SMILES string of the molecule is CCCCCC=CCC=CCC=CCC#CCCCC(=O)O. The van der Waals surface area contributed by atoms with E-state index < -0.39 is 5.97 Å². The Kier molecular flexibility index (Phi) is 15.9. The van der Waals surface area contributed by atoms with Crippen molar-refractivity contribution in [1.82, 2.24) is 0 Å². The summed E-state index contributed by atoms with van der Waals surface area (Å²) >= 11 is 0. The number of allylic oxidation sites excluding steroid dienone is 6. The quantitative estimate of drug-likeness (QED) is 0.287. The Balaban J connectivity index is 3.44. The number of rotatable bonds is 12. The summed E-state index contributed by atoms with van der Waals surface area (Å²) in [4.78, 5) is 10.3. The topological polar surface area (TPSA) is 37.3 Å². The minimum Gasteiger partial charge on any atom is -0.481 e. The molecule has 122 valence electrons. The maximum absolute atomic E-state index is 10.3. The summed E-state index contributed by atoms with van der Waals surface area (Å²) in [5, 5.41) is 8.47. The van der Waals surface area contributed by atoms with Crippen LogP contribution in [0.25, 0.3) is 0 Å². The van der Waals surface area contributed by atoms with Crippen molar-refractivity contribution in [2.45, 2.75) is 71.1 Å². The van der Waals surface area contributed by atoms with Gasteiger partial charge in [0.2, 0.25) is 0 Å². The van der Waals surface area contributed by atoms with Crippen molar-refractivity contribution in [3.8, 4) is 11.8 Å². The third kappa shape index (κ3) is 18.2. The summed E-state index contributed by atoms with van der Waals surface area (Å²) in [6.45, 7) is 2.23. The monoisotopic (exact) mass is 302 g/mol. The fourth-order valence-electron chi connectivity index (χ4n) is 1.80. The van der Waals surface area contributed by atoms with E-state index in [0.29, 0.717) is 12.8 Å². The first-order valence-electron chi connectivity index (χ1n) is 8.39. The van der Waals surface area contributed by atoms with Gasteiger partial charge in [-0.3, -0.25) is 4.79 Å². The van der Waals surface area contributed by atoms with Crippen LogP contribution in [0.5, 0.6) is 0 Å². The molecule has 0 radical (unpaired) electrons. The number of carbonyl (C=O) groups is 1. The molecule has 0 atom stereocenters. The molecule has 0 aliphatic heterocycles. The summed E-state index contributed by atoms with van der Waals surface area (Å²) < 4.78 is 0. The Morgan fingerprint density at radius 3 is 2.27 bits per heavy atom. The van der Waals surface area contributed by atoms with E-state index >= 15 is 0 Å². The van der Waals surface area contributed by atoms with E-state index in [1.807, 2.05) is 0 Å². The van der Waals surface area contributed by atoms with E-state index in [9.17, 15) is 4.79 Å². The van der Waals surface area contributed by atoms with E-state index in [0.717, 1.165) is 19.3 Å². The van der Waals surface area contributed by atoms with E-state index in [4.69, 9.17) is 5.11 Å². The summed E-state index contributed by atoms with van der Waals surface area (Å²) in [5.41, 5.74) is 0. The molecule has 0 saturated carbocycles. The zero-order chi connectivity index (χ0) is 16.3. The predicted molar refractivity (Wildman–Crippen MR) is 94.7 cm³/mol. The molecule has 0 aromatic heterocycles.